The molecule has 1 amide bonds. The first-order valence-electron chi connectivity index (χ1n) is 9.53. The van der Waals surface area contributed by atoms with E-state index in [0.29, 0.717) is 24.3 Å². The summed E-state index contributed by atoms with van der Waals surface area (Å²) in [6, 6.07) is 13.1. The Hall–Kier alpha value is -1.86. The second-order valence-corrected chi connectivity index (χ2v) is 7.91. The molecule has 134 valence electrons. The van der Waals surface area contributed by atoms with Gasteiger partial charge in [-0.1, -0.05) is 30.3 Å². The number of likely N-dealkylation sites (tertiary alicyclic amines) is 2. The Morgan fingerprint density at radius 2 is 1.92 bits per heavy atom. The normalized spacial score (nSPS) is 24.3. The minimum Gasteiger partial charge on any atom is -0.340 e. The SMILES string of the molecule is CC(C)N1CC(CN2CCC(C#N)(c3ccccc3)CC2)CCC1=O. The summed E-state index contributed by atoms with van der Waals surface area (Å²) >= 11 is 0. The second kappa shape index (κ2) is 7.58. The van der Waals surface area contributed by atoms with E-state index in [1.165, 1.54) is 0 Å². The zero-order valence-corrected chi connectivity index (χ0v) is 15.4. The van der Waals surface area contributed by atoms with Crippen molar-refractivity contribution in [2.24, 2.45) is 5.92 Å². The molecule has 1 atom stereocenters. The summed E-state index contributed by atoms with van der Waals surface area (Å²) in [5.74, 6) is 0.865. The Kier molecular flexibility index (Phi) is 5.44. The summed E-state index contributed by atoms with van der Waals surface area (Å²) in [5.41, 5.74) is 0.830. The Morgan fingerprint density at radius 1 is 1.24 bits per heavy atom. The first-order chi connectivity index (χ1) is 12.0. The third-order valence-electron chi connectivity index (χ3n) is 5.93. The van der Waals surface area contributed by atoms with Gasteiger partial charge in [0.1, 0.15) is 0 Å². The van der Waals surface area contributed by atoms with Gasteiger partial charge in [0.15, 0.2) is 0 Å². The Balaban J connectivity index is 1.58. The number of hydrogen-bond donors (Lipinski definition) is 0. The predicted molar refractivity (Wildman–Crippen MR) is 99.0 cm³/mol. The van der Waals surface area contributed by atoms with Crippen LogP contribution < -0.4 is 0 Å². The number of piperidine rings is 2. The summed E-state index contributed by atoms with van der Waals surface area (Å²) in [6.07, 6.45) is 3.48. The van der Waals surface area contributed by atoms with E-state index in [2.05, 4.69) is 36.9 Å². The van der Waals surface area contributed by atoms with Crippen LogP contribution in [0.4, 0.5) is 0 Å². The van der Waals surface area contributed by atoms with Crippen LogP contribution in [0.1, 0.15) is 45.1 Å². The van der Waals surface area contributed by atoms with Gasteiger partial charge in [0.05, 0.1) is 11.5 Å². The smallest absolute Gasteiger partial charge is 0.222 e. The molecule has 0 aliphatic carbocycles. The van der Waals surface area contributed by atoms with Crippen molar-refractivity contribution >= 4 is 5.91 Å². The van der Waals surface area contributed by atoms with Crippen LogP contribution in [-0.2, 0) is 10.2 Å². The van der Waals surface area contributed by atoms with E-state index >= 15 is 0 Å². The molecule has 1 aromatic carbocycles. The zero-order valence-electron chi connectivity index (χ0n) is 15.4. The largest absolute Gasteiger partial charge is 0.340 e. The quantitative estimate of drug-likeness (QED) is 0.846. The number of nitriles is 1. The summed E-state index contributed by atoms with van der Waals surface area (Å²) < 4.78 is 0. The third kappa shape index (κ3) is 3.88. The fraction of sp³-hybridized carbons (Fsp3) is 0.619. The van der Waals surface area contributed by atoms with E-state index in [4.69, 9.17) is 0 Å². The highest BCUT2D eigenvalue weighted by Gasteiger charge is 2.37. The van der Waals surface area contributed by atoms with Crippen LogP contribution in [0.3, 0.4) is 0 Å². The molecule has 2 fully saturated rings. The summed E-state index contributed by atoms with van der Waals surface area (Å²) in [7, 11) is 0. The van der Waals surface area contributed by atoms with E-state index in [-0.39, 0.29) is 5.41 Å². The van der Waals surface area contributed by atoms with Crippen molar-refractivity contribution in [2.75, 3.05) is 26.2 Å². The van der Waals surface area contributed by atoms with Crippen molar-refractivity contribution in [1.82, 2.24) is 9.80 Å². The van der Waals surface area contributed by atoms with Gasteiger partial charge in [0.2, 0.25) is 5.91 Å². The topological polar surface area (TPSA) is 47.3 Å². The number of amides is 1. The van der Waals surface area contributed by atoms with Gasteiger partial charge < -0.3 is 9.80 Å². The van der Waals surface area contributed by atoms with Crippen molar-refractivity contribution in [3.8, 4) is 6.07 Å². The van der Waals surface area contributed by atoms with E-state index in [0.717, 1.165) is 51.0 Å². The lowest BCUT2D eigenvalue weighted by Gasteiger charge is -2.41. The molecule has 0 saturated carbocycles. The number of rotatable bonds is 4. The van der Waals surface area contributed by atoms with E-state index < -0.39 is 0 Å². The van der Waals surface area contributed by atoms with Crippen LogP contribution in [0.15, 0.2) is 30.3 Å². The number of carbonyl (C=O) groups is 1. The molecule has 0 N–H and O–H groups in total. The molecule has 0 aromatic heterocycles. The van der Waals surface area contributed by atoms with Gasteiger partial charge in [0.25, 0.3) is 0 Å². The minimum absolute atomic E-state index is 0.293. The average molecular weight is 339 g/mol. The Bertz CT molecular complexity index is 626. The summed E-state index contributed by atoms with van der Waals surface area (Å²) in [4.78, 5) is 16.6. The molecule has 0 spiro atoms. The van der Waals surface area contributed by atoms with Gasteiger partial charge in [-0.2, -0.15) is 5.26 Å². The molecule has 4 nitrogen and oxygen atoms in total. The number of carbonyl (C=O) groups excluding carboxylic acids is 1. The first kappa shape index (κ1) is 17.9. The molecule has 4 heteroatoms. The Labute approximate surface area is 151 Å². The molecule has 2 heterocycles. The number of benzene rings is 1. The van der Waals surface area contributed by atoms with Gasteiger partial charge in [-0.25, -0.2) is 0 Å². The highest BCUT2D eigenvalue weighted by Crippen LogP contribution is 2.35. The van der Waals surface area contributed by atoms with Crippen LogP contribution in [0.2, 0.25) is 0 Å². The maximum absolute atomic E-state index is 12.0. The van der Waals surface area contributed by atoms with Crippen molar-refractivity contribution in [1.29, 1.82) is 5.26 Å². The third-order valence-corrected chi connectivity index (χ3v) is 5.93. The van der Waals surface area contributed by atoms with Gasteiger partial charge in [0, 0.05) is 25.6 Å². The van der Waals surface area contributed by atoms with E-state index in [9.17, 15) is 10.1 Å². The standard InChI is InChI=1S/C21H29N3O/c1-17(2)24-15-18(8-9-20(24)25)14-23-12-10-21(16-22,11-13-23)19-6-4-3-5-7-19/h3-7,17-18H,8-15H2,1-2H3. The lowest BCUT2D eigenvalue weighted by atomic mass is 9.74. The fourth-order valence-electron chi connectivity index (χ4n) is 4.29. The molecule has 2 aliphatic heterocycles. The average Bonchev–Trinajstić information content (AvgIpc) is 2.64. The van der Waals surface area contributed by atoms with Crippen LogP contribution >= 0.6 is 0 Å². The number of nitrogens with zero attached hydrogens (tertiary/aromatic N) is 3. The second-order valence-electron chi connectivity index (χ2n) is 7.91. The highest BCUT2D eigenvalue weighted by molar-refractivity contribution is 5.77. The fourth-order valence-corrected chi connectivity index (χ4v) is 4.29. The monoisotopic (exact) mass is 339 g/mol. The van der Waals surface area contributed by atoms with Gasteiger partial charge in [-0.05, 0) is 57.7 Å². The maximum atomic E-state index is 12.0. The molecular formula is C21H29N3O. The lowest BCUT2D eigenvalue weighted by molar-refractivity contribution is -0.137. The van der Waals surface area contributed by atoms with Crippen LogP contribution in [-0.4, -0.2) is 47.9 Å². The van der Waals surface area contributed by atoms with E-state index in [1.807, 2.05) is 23.1 Å². The van der Waals surface area contributed by atoms with Crippen molar-refractivity contribution in [3.63, 3.8) is 0 Å². The zero-order chi connectivity index (χ0) is 17.9. The van der Waals surface area contributed by atoms with Gasteiger partial charge >= 0.3 is 0 Å². The predicted octanol–water partition coefficient (Wildman–Crippen LogP) is 3.19. The first-order valence-corrected chi connectivity index (χ1v) is 9.53. The lowest BCUT2D eigenvalue weighted by Crippen LogP contribution is -2.49. The molecular weight excluding hydrogens is 310 g/mol. The molecule has 2 saturated heterocycles. The van der Waals surface area contributed by atoms with Crippen LogP contribution in [0, 0.1) is 17.2 Å². The maximum Gasteiger partial charge on any atom is 0.222 e. The molecule has 0 radical (unpaired) electrons. The highest BCUT2D eigenvalue weighted by atomic mass is 16.2. The molecule has 2 aliphatic rings. The molecule has 25 heavy (non-hydrogen) atoms. The van der Waals surface area contributed by atoms with Crippen LogP contribution in [0.5, 0.6) is 0 Å². The van der Waals surface area contributed by atoms with Crippen molar-refractivity contribution < 1.29 is 4.79 Å². The van der Waals surface area contributed by atoms with Crippen molar-refractivity contribution in [3.05, 3.63) is 35.9 Å². The molecule has 1 unspecified atom stereocenters. The number of hydrogen-bond acceptors (Lipinski definition) is 3. The van der Waals surface area contributed by atoms with Crippen LogP contribution in [0.25, 0.3) is 0 Å². The summed E-state index contributed by atoms with van der Waals surface area (Å²) in [6.45, 7) is 8.07. The molecule has 3 rings (SSSR count). The van der Waals surface area contributed by atoms with Crippen molar-refractivity contribution in [2.45, 2.75) is 51.0 Å². The minimum atomic E-state index is -0.329. The molecule has 1 aromatic rings. The summed E-state index contributed by atoms with van der Waals surface area (Å²) in [5, 5.41) is 9.81. The van der Waals surface area contributed by atoms with Gasteiger partial charge in [-0.3, -0.25) is 4.79 Å². The van der Waals surface area contributed by atoms with E-state index in [1.54, 1.807) is 0 Å². The molecule has 0 bridgehead atoms. The van der Waals surface area contributed by atoms with Gasteiger partial charge in [-0.15, -0.1) is 0 Å². The Morgan fingerprint density at radius 3 is 2.52 bits per heavy atom.